The highest BCUT2D eigenvalue weighted by molar-refractivity contribution is 6.33. The average Bonchev–Trinajstić information content (AvgIpc) is 3.05. The van der Waals surface area contributed by atoms with Crippen LogP contribution in [0.1, 0.15) is 12.8 Å². The predicted octanol–water partition coefficient (Wildman–Crippen LogP) is 4.84. The van der Waals surface area contributed by atoms with Crippen LogP contribution in [0.15, 0.2) is 49.2 Å². The van der Waals surface area contributed by atoms with E-state index >= 15 is 0 Å². The molecule has 0 radical (unpaired) electrons. The third kappa shape index (κ3) is 3.87. The summed E-state index contributed by atoms with van der Waals surface area (Å²) >= 11 is 6.34. The van der Waals surface area contributed by atoms with Gasteiger partial charge in [-0.3, -0.25) is 4.98 Å². The van der Waals surface area contributed by atoms with Gasteiger partial charge in [-0.25, -0.2) is 13.8 Å². The Morgan fingerprint density at radius 2 is 2.04 bits per heavy atom. The van der Waals surface area contributed by atoms with Crippen LogP contribution in [0.5, 0.6) is 0 Å². The molecule has 6 nitrogen and oxygen atoms in total. The predicted molar refractivity (Wildman–Crippen MR) is 108 cm³/mol. The molecule has 1 fully saturated rings. The maximum absolute atomic E-state index is 13.3. The number of piperidine rings is 1. The Balaban J connectivity index is 1.42. The molecule has 1 saturated heterocycles. The molecule has 28 heavy (non-hydrogen) atoms. The summed E-state index contributed by atoms with van der Waals surface area (Å²) in [5.74, 6) is -1.57. The van der Waals surface area contributed by atoms with E-state index in [0.29, 0.717) is 22.3 Å². The Kier molecular flexibility index (Phi) is 4.80. The fourth-order valence-corrected chi connectivity index (χ4v) is 3.48. The summed E-state index contributed by atoms with van der Waals surface area (Å²) in [6.07, 6.45) is 4.75. The smallest absolute Gasteiger partial charge is 0.251 e. The lowest BCUT2D eigenvalue weighted by atomic mass is 10.1. The number of hydrogen-bond donors (Lipinski definition) is 3. The molecule has 0 aliphatic carbocycles. The van der Waals surface area contributed by atoms with Gasteiger partial charge in [0.15, 0.2) is 0 Å². The van der Waals surface area contributed by atoms with Gasteiger partial charge in [0.25, 0.3) is 5.92 Å². The third-order valence-corrected chi connectivity index (χ3v) is 4.91. The lowest BCUT2D eigenvalue weighted by Gasteiger charge is -2.33. The summed E-state index contributed by atoms with van der Waals surface area (Å²) in [6.45, 7) is 4.42. The first-order valence-corrected chi connectivity index (χ1v) is 9.22. The molecular formula is C19H19ClF2N6. The van der Waals surface area contributed by atoms with Crippen molar-refractivity contribution < 1.29 is 8.78 Å². The molecule has 1 aliphatic heterocycles. The molecule has 9 heteroatoms. The van der Waals surface area contributed by atoms with Crippen LogP contribution >= 0.6 is 11.6 Å². The molecule has 3 aromatic heterocycles. The van der Waals surface area contributed by atoms with Crippen molar-refractivity contribution in [3.8, 4) is 0 Å². The zero-order chi connectivity index (χ0) is 19.7. The molecule has 4 rings (SSSR count). The normalized spacial score (nSPS) is 16.2. The Morgan fingerprint density at radius 3 is 2.79 bits per heavy atom. The van der Waals surface area contributed by atoms with Crippen LogP contribution in [0.3, 0.4) is 0 Å². The van der Waals surface area contributed by atoms with Crippen molar-refractivity contribution in [2.45, 2.75) is 18.8 Å². The van der Waals surface area contributed by atoms with Crippen LogP contribution < -0.4 is 15.5 Å². The fraction of sp³-hybridized carbons (Fsp3) is 0.263. The van der Waals surface area contributed by atoms with Gasteiger partial charge in [-0.05, 0) is 18.2 Å². The molecule has 0 amide bonds. The van der Waals surface area contributed by atoms with E-state index in [0.717, 1.165) is 16.7 Å². The minimum atomic E-state index is -2.61. The number of nitrogens with zero attached hydrogens (tertiary/aromatic N) is 3. The molecule has 4 heterocycles. The van der Waals surface area contributed by atoms with E-state index in [-0.39, 0.29) is 25.9 Å². The molecule has 0 saturated carbocycles. The van der Waals surface area contributed by atoms with Crippen molar-refractivity contribution in [2.24, 2.45) is 0 Å². The van der Waals surface area contributed by atoms with Crippen LogP contribution in [0, 0.1) is 0 Å². The minimum Gasteiger partial charge on any atom is -0.358 e. The first-order valence-electron chi connectivity index (χ1n) is 8.85. The van der Waals surface area contributed by atoms with Crippen LogP contribution in [-0.2, 0) is 0 Å². The number of alkyl halides is 2. The van der Waals surface area contributed by atoms with E-state index in [9.17, 15) is 8.78 Å². The molecule has 1 aliphatic rings. The van der Waals surface area contributed by atoms with Crippen molar-refractivity contribution in [1.82, 2.24) is 15.0 Å². The number of anilines is 3. The molecular weight excluding hydrogens is 386 g/mol. The number of aromatic amines is 1. The minimum absolute atomic E-state index is 0.190. The number of hydrogen-bond acceptors (Lipinski definition) is 5. The van der Waals surface area contributed by atoms with Crippen LogP contribution in [-0.4, -0.2) is 34.0 Å². The van der Waals surface area contributed by atoms with E-state index in [4.69, 9.17) is 11.6 Å². The highest BCUT2D eigenvalue weighted by Crippen LogP contribution is 2.33. The second-order valence-corrected chi connectivity index (χ2v) is 7.11. The zero-order valence-corrected chi connectivity index (χ0v) is 15.7. The van der Waals surface area contributed by atoms with Gasteiger partial charge in [-0.15, -0.1) is 0 Å². The number of halogens is 3. The summed E-state index contributed by atoms with van der Waals surface area (Å²) in [7, 11) is 0. The van der Waals surface area contributed by atoms with Gasteiger partial charge in [-0.2, -0.15) is 0 Å². The van der Waals surface area contributed by atoms with Gasteiger partial charge in [-0.1, -0.05) is 18.2 Å². The second-order valence-electron chi connectivity index (χ2n) is 6.70. The highest BCUT2D eigenvalue weighted by atomic mass is 35.5. The third-order valence-electron chi connectivity index (χ3n) is 4.63. The number of fused-ring (bicyclic) bond motifs is 1. The molecule has 0 spiro atoms. The topological polar surface area (TPSA) is 68.9 Å². The van der Waals surface area contributed by atoms with E-state index < -0.39 is 5.92 Å². The molecule has 0 aromatic carbocycles. The van der Waals surface area contributed by atoms with Crippen molar-refractivity contribution >= 4 is 39.8 Å². The molecule has 0 unspecified atom stereocenters. The van der Waals surface area contributed by atoms with Gasteiger partial charge < -0.3 is 20.5 Å². The Morgan fingerprint density at radius 1 is 1.25 bits per heavy atom. The van der Waals surface area contributed by atoms with Crippen molar-refractivity contribution in [2.75, 3.05) is 28.6 Å². The standard InChI is InChI=1S/C19H19ClF2N6/c1-12(27-16-11-24-15-3-2-6-23-17(15)16)26-13-9-14(20)18(25-10-13)28-7-4-19(21,22)5-8-28/h2-3,6,9-11,24,26-27H,1,4-5,7-8H2. The Labute approximate surface area is 165 Å². The number of nitrogens with one attached hydrogen (secondary N) is 3. The van der Waals surface area contributed by atoms with Crippen LogP contribution in [0.4, 0.5) is 26.0 Å². The Hall–Kier alpha value is -2.87. The van der Waals surface area contributed by atoms with Crippen LogP contribution in [0.2, 0.25) is 5.02 Å². The van der Waals surface area contributed by atoms with E-state index in [2.05, 4.69) is 32.2 Å². The summed E-state index contributed by atoms with van der Waals surface area (Å²) in [5, 5.41) is 6.65. The maximum Gasteiger partial charge on any atom is 0.251 e. The SMILES string of the molecule is C=C(Nc1cnc(N2CCC(F)(F)CC2)c(Cl)c1)Nc1c[nH]c2cccnc12. The monoisotopic (exact) mass is 404 g/mol. The van der Waals surface area contributed by atoms with Gasteiger partial charge in [0.1, 0.15) is 17.2 Å². The lowest BCUT2D eigenvalue weighted by Crippen LogP contribution is -2.39. The van der Waals surface area contributed by atoms with Crippen molar-refractivity contribution in [3.05, 3.63) is 54.2 Å². The summed E-state index contributed by atoms with van der Waals surface area (Å²) in [5.41, 5.74) is 3.15. The molecule has 0 bridgehead atoms. The lowest BCUT2D eigenvalue weighted by molar-refractivity contribution is -0.0221. The van der Waals surface area contributed by atoms with E-state index in [1.54, 1.807) is 23.4 Å². The van der Waals surface area contributed by atoms with Gasteiger partial charge in [0.2, 0.25) is 0 Å². The van der Waals surface area contributed by atoms with Crippen LogP contribution in [0.25, 0.3) is 11.0 Å². The molecule has 3 aromatic rings. The van der Waals surface area contributed by atoms with E-state index in [1.807, 2.05) is 18.3 Å². The highest BCUT2D eigenvalue weighted by Gasteiger charge is 2.34. The van der Waals surface area contributed by atoms with Crippen molar-refractivity contribution in [3.63, 3.8) is 0 Å². The molecule has 0 atom stereocenters. The zero-order valence-electron chi connectivity index (χ0n) is 15.0. The average molecular weight is 405 g/mol. The maximum atomic E-state index is 13.3. The molecule has 3 N–H and O–H groups in total. The Bertz CT molecular complexity index is 1010. The summed E-state index contributed by atoms with van der Waals surface area (Å²) in [6, 6.07) is 5.49. The molecule has 146 valence electrons. The summed E-state index contributed by atoms with van der Waals surface area (Å²) in [4.78, 5) is 13.6. The number of pyridine rings is 2. The summed E-state index contributed by atoms with van der Waals surface area (Å²) < 4.78 is 26.7. The van der Waals surface area contributed by atoms with E-state index in [1.165, 1.54) is 0 Å². The fourth-order valence-electron chi connectivity index (χ4n) is 3.20. The van der Waals surface area contributed by atoms with Gasteiger partial charge in [0, 0.05) is 38.3 Å². The van der Waals surface area contributed by atoms with Gasteiger partial charge >= 0.3 is 0 Å². The second kappa shape index (κ2) is 7.27. The number of H-pyrrole nitrogens is 1. The number of aromatic nitrogens is 3. The first kappa shape index (κ1) is 18.5. The van der Waals surface area contributed by atoms with Crippen molar-refractivity contribution in [1.29, 1.82) is 0 Å². The van der Waals surface area contributed by atoms with Gasteiger partial charge in [0.05, 0.1) is 28.1 Å². The first-order chi connectivity index (χ1) is 13.4. The number of rotatable bonds is 5. The largest absolute Gasteiger partial charge is 0.358 e. The quantitative estimate of drug-likeness (QED) is 0.567.